The molecule has 8 nitrogen and oxygen atoms in total. The first-order valence-corrected chi connectivity index (χ1v) is 14.0. The van der Waals surface area contributed by atoms with Crippen molar-refractivity contribution < 1.29 is 69.4 Å². The molecule has 0 aliphatic heterocycles. The topological polar surface area (TPSA) is 121 Å². The molecule has 4 N–H and O–H groups in total. The van der Waals surface area contributed by atoms with E-state index in [0.29, 0.717) is 39.4 Å². The Kier molecular flexibility index (Phi) is 12.7. The third-order valence-electron chi connectivity index (χ3n) is 6.97. The van der Waals surface area contributed by atoms with Gasteiger partial charge in [-0.2, -0.15) is 0 Å². The second-order valence-electron chi connectivity index (χ2n) is 10.6. The molecule has 0 unspecified atom stereocenters. The summed E-state index contributed by atoms with van der Waals surface area (Å²) in [5.41, 5.74) is 3.23. The number of nitrogens with one attached hydrogen (secondary N) is 1. The number of hydrogen-bond donors (Lipinski definition) is 4. The molecule has 2 atom stereocenters. The largest absolute Gasteiger partial charge is 1.00 e. The van der Waals surface area contributed by atoms with Crippen molar-refractivity contribution in [1.29, 1.82) is 0 Å². The van der Waals surface area contributed by atoms with Gasteiger partial charge in [0.05, 0.1) is 25.7 Å². The van der Waals surface area contributed by atoms with Gasteiger partial charge in [-0.25, -0.2) is 8.78 Å². The van der Waals surface area contributed by atoms with Crippen LogP contribution in [0.2, 0.25) is 0 Å². The van der Waals surface area contributed by atoms with E-state index >= 15 is 0 Å². The summed E-state index contributed by atoms with van der Waals surface area (Å²) in [6.45, 7) is 3.74. The molecule has 0 bridgehead atoms. The van der Waals surface area contributed by atoms with E-state index in [0.717, 1.165) is 0 Å². The Balaban J connectivity index is 0.00000368. The summed E-state index contributed by atoms with van der Waals surface area (Å²) in [7, 11) is 1.51. The Morgan fingerprint density at radius 3 is 2.07 bits per heavy atom. The van der Waals surface area contributed by atoms with Crippen molar-refractivity contribution in [2.75, 3.05) is 12.4 Å². The van der Waals surface area contributed by atoms with E-state index in [1.807, 2.05) is 13.8 Å². The molecule has 0 spiro atoms. The van der Waals surface area contributed by atoms with Gasteiger partial charge in [-0.15, -0.1) is 0 Å². The monoisotopic (exact) mass is 628 g/mol. The van der Waals surface area contributed by atoms with Crippen molar-refractivity contribution in [3.05, 3.63) is 102 Å². The van der Waals surface area contributed by atoms with Gasteiger partial charge in [0, 0.05) is 41.0 Å². The maximum Gasteiger partial charge on any atom is 1.00 e. The van der Waals surface area contributed by atoms with Gasteiger partial charge in [0.2, 0.25) is 0 Å². The van der Waals surface area contributed by atoms with Gasteiger partial charge >= 0.3 is 35.5 Å². The van der Waals surface area contributed by atoms with Crippen LogP contribution in [0.5, 0.6) is 5.75 Å². The van der Waals surface area contributed by atoms with E-state index < -0.39 is 42.1 Å². The molecule has 4 rings (SSSR count). The van der Waals surface area contributed by atoms with E-state index in [2.05, 4.69) is 5.32 Å². The number of rotatable bonds is 12. The van der Waals surface area contributed by atoms with Crippen molar-refractivity contribution in [3.8, 4) is 28.0 Å². The number of nitrogens with zero attached hydrogens (tertiary/aromatic N) is 1. The average Bonchev–Trinajstić information content (AvgIpc) is 3.32. The molecule has 0 aliphatic carbocycles. The van der Waals surface area contributed by atoms with Crippen LogP contribution in [0.15, 0.2) is 78.9 Å². The van der Waals surface area contributed by atoms with Gasteiger partial charge in [0.1, 0.15) is 23.1 Å². The van der Waals surface area contributed by atoms with Crippen molar-refractivity contribution in [2.24, 2.45) is 0 Å². The third-order valence-corrected chi connectivity index (χ3v) is 6.97. The molecule has 4 aromatic rings. The molecule has 0 fully saturated rings. The van der Waals surface area contributed by atoms with Crippen LogP contribution in [0.1, 0.15) is 50.3 Å². The van der Waals surface area contributed by atoms with Crippen molar-refractivity contribution in [2.45, 2.75) is 44.9 Å². The Labute approximate surface area is 283 Å². The smallest absolute Gasteiger partial charge is 1.00 e. The van der Waals surface area contributed by atoms with Gasteiger partial charge in [0.25, 0.3) is 5.91 Å². The SMILES string of the molecule is COc1cccc(NC(=O)c2c(-c3ccc(F)cc3)c(-c3ccc(F)cc3)c(C=C[C@@H](O)C[C@@H](O)CC(=O)O)n2C(C)C)c1.[H-].[Na+]. The van der Waals surface area contributed by atoms with E-state index in [1.54, 1.807) is 59.2 Å². The van der Waals surface area contributed by atoms with Gasteiger partial charge in [-0.05, 0) is 67.4 Å². The van der Waals surface area contributed by atoms with Crippen LogP contribution < -0.4 is 39.6 Å². The van der Waals surface area contributed by atoms with Crippen LogP contribution in [0.3, 0.4) is 0 Å². The van der Waals surface area contributed by atoms with Crippen molar-refractivity contribution in [1.82, 2.24) is 4.57 Å². The second-order valence-corrected chi connectivity index (χ2v) is 10.6. The number of carbonyl (C=O) groups is 2. The van der Waals surface area contributed by atoms with Crippen LogP contribution in [-0.2, 0) is 4.79 Å². The molecule has 0 saturated carbocycles. The molecule has 1 heterocycles. The zero-order valence-corrected chi connectivity index (χ0v) is 27.5. The quantitative estimate of drug-likeness (QED) is 0.178. The van der Waals surface area contributed by atoms with Crippen LogP contribution in [0, 0.1) is 11.6 Å². The van der Waals surface area contributed by atoms with Gasteiger partial charge in [-0.1, -0.05) is 36.4 Å². The minimum absolute atomic E-state index is 0. The number of carbonyl (C=O) groups excluding carboxylic acids is 1. The van der Waals surface area contributed by atoms with E-state index in [4.69, 9.17) is 9.84 Å². The standard InChI is InChI=1S/C34H34F2N2O6.Na.H/c1-20(2)38-29(16-15-26(39)18-27(40)19-30(41)42)31(21-7-11-23(35)12-8-21)32(22-9-13-24(36)14-10-22)33(38)34(43)37-25-5-4-6-28(17-25)44-3;;/h4-17,20,26-27,39-40H,18-19H2,1-3H3,(H,37,43)(H,41,42);;/q;+1;-1/t26-,27-;;/m1../s1. The fraction of sp³-hybridized carbons (Fsp3) is 0.235. The zero-order chi connectivity index (χ0) is 32.0. The van der Waals surface area contributed by atoms with E-state index in [9.17, 15) is 28.6 Å². The Morgan fingerprint density at radius 2 is 1.53 bits per heavy atom. The summed E-state index contributed by atoms with van der Waals surface area (Å²) in [4.78, 5) is 25.2. The van der Waals surface area contributed by atoms with Gasteiger partial charge in [0.15, 0.2) is 0 Å². The number of carboxylic acid groups (broad SMARTS) is 1. The summed E-state index contributed by atoms with van der Waals surface area (Å²) < 4.78 is 35.2. The molecule has 11 heteroatoms. The number of amides is 1. The van der Waals surface area contributed by atoms with Crippen molar-refractivity contribution in [3.63, 3.8) is 0 Å². The fourth-order valence-electron chi connectivity index (χ4n) is 5.07. The Bertz CT molecular complexity index is 1660. The predicted molar refractivity (Wildman–Crippen MR) is 166 cm³/mol. The molecule has 232 valence electrons. The second kappa shape index (κ2) is 16.0. The maximum atomic E-state index is 14.2. The maximum absolute atomic E-state index is 14.2. The normalized spacial score (nSPS) is 12.5. The zero-order valence-electron chi connectivity index (χ0n) is 26.5. The van der Waals surface area contributed by atoms with Crippen LogP contribution in [0.25, 0.3) is 28.3 Å². The van der Waals surface area contributed by atoms with Crippen LogP contribution in [-0.4, -0.2) is 51.1 Å². The minimum atomic E-state index is -1.28. The number of anilines is 1. The molecule has 0 aliphatic rings. The average molecular weight is 629 g/mol. The third kappa shape index (κ3) is 8.90. The number of aromatic nitrogens is 1. The predicted octanol–water partition coefficient (Wildman–Crippen LogP) is 3.66. The molecule has 1 aromatic heterocycles. The number of carboxylic acids is 1. The molecular weight excluding hydrogens is 593 g/mol. The first kappa shape index (κ1) is 35.7. The molecule has 0 radical (unpaired) electrons. The number of halogens is 2. The molecule has 3 aromatic carbocycles. The Hall–Kier alpha value is -3.80. The minimum Gasteiger partial charge on any atom is -1.00 e. The van der Waals surface area contributed by atoms with Crippen LogP contribution >= 0.6 is 0 Å². The van der Waals surface area contributed by atoms with Crippen LogP contribution in [0.4, 0.5) is 14.5 Å². The summed E-state index contributed by atoms with van der Waals surface area (Å²) in [6.07, 6.45) is -0.261. The number of ether oxygens (including phenoxy) is 1. The summed E-state index contributed by atoms with van der Waals surface area (Å²) >= 11 is 0. The number of aliphatic hydroxyl groups excluding tert-OH is 2. The Morgan fingerprint density at radius 1 is 0.956 bits per heavy atom. The summed E-state index contributed by atoms with van der Waals surface area (Å²) in [6, 6.07) is 17.9. The van der Waals surface area contributed by atoms with Gasteiger partial charge in [-0.3, -0.25) is 9.59 Å². The number of methoxy groups -OCH3 is 1. The molecular formula is C34H35F2N2NaO6. The van der Waals surface area contributed by atoms with E-state index in [-0.39, 0.29) is 49.1 Å². The number of aliphatic hydroxyl groups is 2. The first-order valence-electron chi connectivity index (χ1n) is 14.0. The number of aliphatic carboxylic acids is 1. The van der Waals surface area contributed by atoms with E-state index in [1.165, 1.54) is 37.5 Å². The summed E-state index contributed by atoms with van der Waals surface area (Å²) in [5, 5.41) is 32.6. The molecule has 0 saturated heterocycles. The fourth-order valence-corrected chi connectivity index (χ4v) is 5.07. The first-order chi connectivity index (χ1) is 21.0. The summed E-state index contributed by atoms with van der Waals surface area (Å²) in [5.74, 6) is -2.07. The van der Waals surface area contributed by atoms with Crippen molar-refractivity contribution >= 4 is 23.6 Å². The number of hydrogen-bond acceptors (Lipinski definition) is 5. The molecule has 45 heavy (non-hydrogen) atoms. The molecule has 1 amide bonds. The van der Waals surface area contributed by atoms with Gasteiger partial charge < -0.3 is 31.4 Å². The number of benzene rings is 3.